The van der Waals surface area contributed by atoms with E-state index in [1.165, 1.54) is 10.9 Å². The van der Waals surface area contributed by atoms with Gasteiger partial charge in [-0.3, -0.25) is 9.47 Å². The van der Waals surface area contributed by atoms with Gasteiger partial charge in [0.05, 0.1) is 5.69 Å². The lowest BCUT2D eigenvalue weighted by Crippen LogP contribution is -2.27. The second-order valence-corrected chi connectivity index (χ2v) is 5.30. The summed E-state index contributed by atoms with van der Waals surface area (Å²) in [6, 6.07) is 11.4. The fraction of sp³-hybridized carbons (Fsp3) is 0.176. The van der Waals surface area contributed by atoms with Crippen molar-refractivity contribution in [3.8, 4) is 5.69 Å². The molecule has 0 spiro atoms. The van der Waals surface area contributed by atoms with Gasteiger partial charge < -0.3 is 0 Å². The van der Waals surface area contributed by atoms with Gasteiger partial charge in [0.25, 0.3) is 0 Å². The maximum atomic E-state index is 12.4. The van der Waals surface area contributed by atoms with Crippen molar-refractivity contribution in [1.29, 1.82) is 0 Å². The first-order valence-electron chi connectivity index (χ1n) is 7.25. The van der Waals surface area contributed by atoms with E-state index in [0.29, 0.717) is 11.8 Å². The van der Waals surface area contributed by atoms with Crippen molar-refractivity contribution < 1.29 is 0 Å². The van der Waals surface area contributed by atoms with Gasteiger partial charge in [-0.05, 0) is 37.1 Å². The zero-order valence-electron chi connectivity index (χ0n) is 13.3. The molecule has 0 radical (unpaired) electrons. The minimum absolute atomic E-state index is 0.316. The Morgan fingerprint density at radius 1 is 1.00 bits per heavy atom. The highest BCUT2D eigenvalue weighted by Crippen LogP contribution is 2.18. The van der Waals surface area contributed by atoms with E-state index in [4.69, 9.17) is 0 Å². The summed E-state index contributed by atoms with van der Waals surface area (Å²) < 4.78 is 1.47. The molecule has 0 aliphatic heterocycles. The zero-order valence-corrected chi connectivity index (χ0v) is 13.3. The number of para-hydroxylation sites is 1. The predicted octanol–water partition coefficient (Wildman–Crippen LogP) is 2.41. The van der Waals surface area contributed by atoms with Crippen LogP contribution in [0, 0.1) is 13.8 Å². The summed E-state index contributed by atoms with van der Waals surface area (Å²) in [4.78, 5) is 26.8. The van der Waals surface area contributed by atoms with Crippen LogP contribution in [0.25, 0.3) is 5.69 Å². The molecule has 23 heavy (non-hydrogen) atoms. The third-order valence-electron chi connectivity index (χ3n) is 3.66. The van der Waals surface area contributed by atoms with Crippen LogP contribution in [-0.4, -0.2) is 26.6 Å². The molecule has 0 bridgehead atoms. The van der Waals surface area contributed by atoms with Gasteiger partial charge in [-0.15, -0.1) is 0 Å². The Kier molecular flexibility index (Phi) is 3.89. The Labute approximate surface area is 134 Å². The van der Waals surface area contributed by atoms with Gasteiger partial charge in [-0.1, -0.05) is 24.3 Å². The van der Waals surface area contributed by atoms with E-state index in [1.807, 2.05) is 50.2 Å². The van der Waals surface area contributed by atoms with Gasteiger partial charge in [-0.2, -0.15) is 4.98 Å². The number of anilines is 2. The summed E-state index contributed by atoms with van der Waals surface area (Å²) in [5, 5.41) is 0. The van der Waals surface area contributed by atoms with Crippen LogP contribution in [-0.2, 0) is 0 Å². The van der Waals surface area contributed by atoms with Crippen LogP contribution in [0.2, 0.25) is 0 Å². The lowest BCUT2D eigenvalue weighted by molar-refractivity contribution is 0.833. The van der Waals surface area contributed by atoms with E-state index < -0.39 is 0 Å². The molecule has 3 aromatic rings. The molecule has 3 rings (SSSR count). The average molecular weight is 307 g/mol. The molecule has 0 aliphatic rings. The number of hydrogen-bond donors (Lipinski definition) is 0. The van der Waals surface area contributed by atoms with E-state index in [1.54, 1.807) is 18.1 Å². The quantitative estimate of drug-likeness (QED) is 0.743. The fourth-order valence-corrected chi connectivity index (χ4v) is 2.48. The third-order valence-corrected chi connectivity index (χ3v) is 3.66. The van der Waals surface area contributed by atoms with Gasteiger partial charge in [0.2, 0.25) is 5.95 Å². The minimum atomic E-state index is -0.366. The molecule has 6 heteroatoms. The molecule has 0 saturated carbocycles. The van der Waals surface area contributed by atoms with E-state index in [-0.39, 0.29) is 5.69 Å². The standard InChI is InChI=1S/C17H17N5O/c1-12-7-6-8-13(2)15(12)22-11-19-16(20-17(22)23)21(3)14-9-4-5-10-18-14/h4-11H,1-3H3. The van der Waals surface area contributed by atoms with Crippen molar-refractivity contribution in [2.24, 2.45) is 0 Å². The second-order valence-electron chi connectivity index (χ2n) is 5.30. The summed E-state index contributed by atoms with van der Waals surface area (Å²) in [6.45, 7) is 3.92. The monoisotopic (exact) mass is 307 g/mol. The largest absolute Gasteiger partial charge is 0.356 e. The number of hydrogen-bond acceptors (Lipinski definition) is 5. The molecule has 6 nitrogen and oxygen atoms in total. The molecule has 0 aliphatic carbocycles. The first-order valence-corrected chi connectivity index (χ1v) is 7.25. The maximum Gasteiger partial charge on any atom is 0.356 e. The van der Waals surface area contributed by atoms with Crippen molar-refractivity contribution >= 4 is 11.8 Å². The van der Waals surface area contributed by atoms with Crippen molar-refractivity contribution in [1.82, 2.24) is 19.5 Å². The molecular formula is C17H17N5O. The predicted molar refractivity (Wildman–Crippen MR) is 89.4 cm³/mol. The Morgan fingerprint density at radius 2 is 1.74 bits per heavy atom. The van der Waals surface area contributed by atoms with E-state index in [2.05, 4.69) is 15.0 Å². The van der Waals surface area contributed by atoms with E-state index in [0.717, 1.165) is 16.8 Å². The SMILES string of the molecule is Cc1cccc(C)c1-n1cnc(N(C)c2ccccn2)nc1=O. The zero-order chi connectivity index (χ0) is 16.4. The number of pyridine rings is 1. The Bertz CT molecular complexity index is 869. The summed E-state index contributed by atoms with van der Waals surface area (Å²) in [6.07, 6.45) is 3.20. The second kappa shape index (κ2) is 6.00. The number of benzene rings is 1. The van der Waals surface area contributed by atoms with Crippen molar-refractivity contribution in [3.63, 3.8) is 0 Å². The number of nitrogens with zero attached hydrogens (tertiary/aromatic N) is 5. The number of aromatic nitrogens is 4. The highest BCUT2D eigenvalue weighted by atomic mass is 16.1. The first kappa shape index (κ1) is 14.9. The van der Waals surface area contributed by atoms with E-state index in [9.17, 15) is 4.79 Å². The van der Waals surface area contributed by atoms with Crippen LogP contribution in [0.1, 0.15) is 11.1 Å². The Balaban J connectivity index is 2.04. The molecule has 0 amide bonds. The fourth-order valence-electron chi connectivity index (χ4n) is 2.48. The topological polar surface area (TPSA) is 63.9 Å². The molecule has 2 aromatic heterocycles. The number of rotatable bonds is 3. The van der Waals surface area contributed by atoms with Crippen LogP contribution in [0.3, 0.4) is 0 Å². The van der Waals surface area contributed by atoms with E-state index >= 15 is 0 Å². The van der Waals surface area contributed by atoms with Gasteiger partial charge in [0.15, 0.2) is 0 Å². The molecule has 1 aromatic carbocycles. The molecule has 0 N–H and O–H groups in total. The number of aryl methyl sites for hydroxylation is 2. The van der Waals surface area contributed by atoms with Crippen LogP contribution in [0.5, 0.6) is 0 Å². The van der Waals surface area contributed by atoms with Crippen LogP contribution < -0.4 is 10.6 Å². The Morgan fingerprint density at radius 3 is 2.35 bits per heavy atom. The van der Waals surface area contributed by atoms with Crippen molar-refractivity contribution in [3.05, 3.63) is 70.5 Å². The van der Waals surface area contributed by atoms with Gasteiger partial charge in [0, 0.05) is 13.2 Å². The average Bonchev–Trinajstić information content (AvgIpc) is 2.56. The molecule has 0 saturated heterocycles. The van der Waals surface area contributed by atoms with Crippen molar-refractivity contribution in [2.75, 3.05) is 11.9 Å². The lowest BCUT2D eigenvalue weighted by atomic mass is 10.1. The minimum Gasteiger partial charge on any atom is -0.298 e. The summed E-state index contributed by atoms with van der Waals surface area (Å²) >= 11 is 0. The highest BCUT2D eigenvalue weighted by Gasteiger charge is 2.12. The van der Waals surface area contributed by atoms with Crippen LogP contribution in [0.4, 0.5) is 11.8 Å². The maximum absolute atomic E-state index is 12.4. The van der Waals surface area contributed by atoms with Crippen LogP contribution >= 0.6 is 0 Å². The molecular weight excluding hydrogens is 290 g/mol. The smallest absolute Gasteiger partial charge is 0.298 e. The van der Waals surface area contributed by atoms with Gasteiger partial charge >= 0.3 is 5.69 Å². The van der Waals surface area contributed by atoms with Gasteiger partial charge in [0.1, 0.15) is 12.1 Å². The highest BCUT2D eigenvalue weighted by molar-refractivity contribution is 5.51. The van der Waals surface area contributed by atoms with Crippen LogP contribution in [0.15, 0.2) is 53.7 Å². The molecule has 2 heterocycles. The molecule has 0 atom stereocenters. The lowest BCUT2D eigenvalue weighted by Gasteiger charge is -2.16. The molecule has 0 fully saturated rings. The normalized spacial score (nSPS) is 10.6. The first-order chi connectivity index (χ1) is 11.1. The molecule has 116 valence electrons. The third kappa shape index (κ3) is 2.83. The molecule has 0 unspecified atom stereocenters. The summed E-state index contributed by atoms with van der Waals surface area (Å²) in [5.74, 6) is 0.993. The summed E-state index contributed by atoms with van der Waals surface area (Å²) in [7, 11) is 1.78. The summed E-state index contributed by atoms with van der Waals surface area (Å²) in [5.41, 5.74) is 2.46. The Hall–Kier alpha value is -3.02. The van der Waals surface area contributed by atoms with Crippen molar-refractivity contribution in [2.45, 2.75) is 13.8 Å². The van der Waals surface area contributed by atoms with Gasteiger partial charge in [-0.25, -0.2) is 14.8 Å².